The van der Waals surface area contributed by atoms with Crippen molar-refractivity contribution in [2.45, 2.75) is 0 Å². The van der Waals surface area contributed by atoms with Crippen molar-refractivity contribution in [3.05, 3.63) is 59.9 Å². The average Bonchev–Trinajstić information content (AvgIpc) is 2.40. The van der Waals surface area contributed by atoms with Crippen LogP contribution < -0.4 is 10.5 Å². The number of pyridine rings is 1. The number of nitrogens with one attached hydrogen (secondary N) is 1. The van der Waals surface area contributed by atoms with Crippen molar-refractivity contribution in [2.75, 3.05) is 5.43 Å². The van der Waals surface area contributed by atoms with E-state index in [0.717, 1.165) is 5.56 Å². The predicted octanol–water partition coefficient (Wildman–Crippen LogP) is 0.891. The second-order valence-electron chi connectivity index (χ2n) is 3.52. The minimum atomic E-state index is -1.21. The molecule has 0 spiro atoms. The summed E-state index contributed by atoms with van der Waals surface area (Å²) in [6.07, 6.45) is 4.95. The van der Waals surface area contributed by atoms with E-state index in [2.05, 4.69) is 15.5 Å². The van der Waals surface area contributed by atoms with Gasteiger partial charge in [-0.1, -0.05) is 12.1 Å². The summed E-state index contributed by atoms with van der Waals surface area (Å²) in [6, 6.07) is 9.88. The molecule has 5 heteroatoms. The fourth-order valence-electron chi connectivity index (χ4n) is 1.35. The van der Waals surface area contributed by atoms with Crippen LogP contribution in [0.25, 0.3) is 0 Å². The largest absolute Gasteiger partial charge is 0.545 e. The van der Waals surface area contributed by atoms with E-state index in [1.807, 2.05) is 12.1 Å². The molecule has 1 aromatic heterocycles. The molecule has 0 unspecified atom stereocenters. The maximum Gasteiger partial charge on any atom is 0.0716 e. The van der Waals surface area contributed by atoms with E-state index in [-0.39, 0.29) is 5.56 Å². The van der Waals surface area contributed by atoms with Crippen LogP contribution in [0.5, 0.6) is 0 Å². The van der Waals surface area contributed by atoms with Crippen molar-refractivity contribution in [3.8, 4) is 0 Å². The summed E-state index contributed by atoms with van der Waals surface area (Å²) < 4.78 is 0. The zero-order valence-corrected chi connectivity index (χ0v) is 9.41. The highest BCUT2D eigenvalue weighted by Gasteiger charge is 1.94. The van der Waals surface area contributed by atoms with Gasteiger partial charge in [0.1, 0.15) is 0 Å². The standard InChI is InChI=1S/C13H11N3O2/c17-13(18)11-2-1-3-12(8-11)16-15-9-10-4-6-14-7-5-10/h1-9,16H,(H,17,18)/p-1/b15-9-. The third kappa shape index (κ3) is 3.15. The fraction of sp³-hybridized carbons (Fsp3) is 0. The average molecular weight is 240 g/mol. The lowest BCUT2D eigenvalue weighted by Crippen LogP contribution is -2.22. The number of carboxylic acids is 1. The SMILES string of the molecule is O=C([O-])c1cccc(N/N=C\c2ccncc2)c1. The van der Waals surface area contributed by atoms with Gasteiger partial charge in [-0.05, 0) is 35.4 Å². The number of rotatable bonds is 4. The molecule has 0 amide bonds. The number of hydrogen-bond acceptors (Lipinski definition) is 5. The number of hydrogen-bond donors (Lipinski definition) is 1. The molecule has 0 atom stereocenters. The number of aromatic nitrogens is 1. The van der Waals surface area contributed by atoms with Crippen molar-refractivity contribution >= 4 is 17.9 Å². The second-order valence-corrected chi connectivity index (χ2v) is 3.52. The molecular formula is C13H10N3O2-. The van der Waals surface area contributed by atoms with Gasteiger partial charge < -0.3 is 9.90 Å². The first-order valence-corrected chi connectivity index (χ1v) is 5.26. The predicted molar refractivity (Wildman–Crippen MR) is 66.2 cm³/mol. The summed E-state index contributed by atoms with van der Waals surface area (Å²) in [5.74, 6) is -1.21. The molecule has 0 aliphatic heterocycles. The van der Waals surface area contributed by atoms with E-state index in [4.69, 9.17) is 0 Å². The number of benzene rings is 1. The van der Waals surface area contributed by atoms with Crippen molar-refractivity contribution in [2.24, 2.45) is 5.10 Å². The van der Waals surface area contributed by atoms with E-state index in [9.17, 15) is 9.90 Å². The van der Waals surface area contributed by atoms with Crippen LogP contribution in [-0.4, -0.2) is 17.2 Å². The summed E-state index contributed by atoms with van der Waals surface area (Å²) >= 11 is 0. The smallest absolute Gasteiger partial charge is 0.0716 e. The van der Waals surface area contributed by atoms with Crippen LogP contribution in [0, 0.1) is 0 Å². The van der Waals surface area contributed by atoms with Crippen molar-refractivity contribution in [1.82, 2.24) is 4.98 Å². The van der Waals surface area contributed by atoms with E-state index in [1.165, 1.54) is 12.1 Å². The van der Waals surface area contributed by atoms with Gasteiger partial charge in [-0.25, -0.2) is 0 Å². The molecule has 0 bridgehead atoms. The minimum Gasteiger partial charge on any atom is -0.545 e. The van der Waals surface area contributed by atoms with Crippen LogP contribution in [0.3, 0.4) is 0 Å². The Morgan fingerprint density at radius 1 is 1.28 bits per heavy atom. The number of hydrazone groups is 1. The Labute approximate surface area is 104 Å². The van der Waals surface area contributed by atoms with Gasteiger partial charge in [0.25, 0.3) is 0 Å². The normalized spacial score (nSPS) is 10.4. The highest BCUT2D eigenvalue weighted by molar-refractivity contribution is 5.87. The zero-order valence-electron chi connectivity index (χ0n) is 9.41. The summed E-state index contributed by atoms with van der Waals surface area (Å²) in [5.41, 5.74) is 4.34. The van der Waals surface area contributed by atoms with Gasteiger partial charge in [0.2, 0.25) is 0 Å². The first-order chi connectivity index (χ1) is 8.75. The van der Waals surface area contributed by atoms with Crippen LogP contribution in [0.15, 0.2) is 53.9 Å². The molecule has 0 aliphatic carbocycles. The Balaban J connectivity index is 2.04. The van der Waals surface area contributed by atoms with E-state index < -0.39 is 5.97 Å². The molecule has 2 aromatic rings. The minimum absolute atomic E-state index is 0.110. The van der Waals surface area contributed by atoms with Crippen molar-refractivity contribution < 1.29 is 9.90 Å². The Morgan fingerprint density at radius 3 is 2.78 bits per heavy atom. The zero-order chi connectivity index (χ0) is 12.8. The summed E-state index contributed by atoms with van der Waals surface area (Å²) in [4.78, 5) is 14.6. The van der Waals surface area contributed by atoms with Gasteiger partial charge in [0.15, 0.2) is 0 Å². The van der Waals surface area contributed by atoms with Crippen molar-refractivity contribution in [1.29, 1.82) is 0 Å². The third-order valence-electron chi connectivity index (χ3n) is 2.21. The Morgan fingerprint density at radius 2 is 2.06 bits per heavy atom. The molecule has 90 valence electrons. The number of aromatic carboxylic acids is 1. The molecule has 1 aromatic carbocycles. The van der Waals surface area contributed by atoms with E-state index in [1.54, 1.807) is 30.7 Å². The molecule has 1 heterocycles. The van der Waals surface area contributed by atoms with Crippen LogP contribution in [0.4, 0.5) is 5.69 Å². The topological polar surface area (TPSA) is 77.4 Å². The van der Waals surface area contributed by atoms with Crippen LogP contribution >= 0.6 is 0 Å². The van der Waals surface area contributed by atoms with Gasteiger partial charge in [0, 0.05) is 12.4 Å². The molecule has 0 fully saturated rings. The lowest BCUT2D eigenvalue weighted by molar-refractivity contribution is -0.255. The first-order valence-electron chi connectivity index (χ1n) is 5.26. The molecule has 0 saturated heterocycles. The molecule has 2 rings (SSSR count). The molecule has 0 aliphatic rings. The second kappa shape index (κ2) is 5.58. The lowest BCUT2D eigenvalue weighted by atomic mass is 10.2. The number of carboxylic acid groups (broad SMARTS) is 1. The quantitative estimate of drug-likeness (QED) is 0.636. The molecule has 0 saturated carbocycles. The first kappa shape index (κ1) is 11.8. The van der Waals surface area contributed by atoms with Crippen LogP contribution in [0.1, 0.15) is 15.9 Å². The Hall–Kier alpha value is -2.69. The molecular weight excluding hydrogens is 230 g/mol. The monoisotopic (exact) mass is 240 g/mol. The van der Waals surface area contributed by atoms with Gasteiger partial charge in [0.05, 0.1) is 17.9 Å². The highest BCUT2D eigenvalue weighted by atomic mass is 16.4. The fourth-order valence-corrected chi connectivity index (χ4v) is 1.35. The summed E-state index contributed by atoms with van der Waals surface area (Å²) in [7, 11) is 0. The Kier molecular flexibility index (Phi) is 3.66. The highest BCUT2D eigenvalue weighted by Crippen LogP contribution is 2.09. The number of carbonyl (C=O) groups excluding carboxylic acids is 1. The number of carbonyl (C=O) groups is 1. The van der Waals surface area contributed by atoms with Gasteiger partial charge in [-0.3, -0.25) is 10.4 Å². The van der Waals surface area contributed by atoms with Crippen LogP contribution in [-0.2, 0) is 0 Å². The molecule has 18 heavy (non-hydrogen) atoms. The molecule has 1 N–H and O–H groups in total. The maximum absolute atomic E-state index is 10.7. The van der Waals surface area contributed by atoms with Crippen LogP contribution in [0.2, 0.25) is 0 Å². The van der Waals surface area contributed by atoms with E-state index >= 15 is 0 Å². The summed E-state index contributed by atoms with van der Waals surface area (Å²) in [5, 5.41) is 14.7. The van der Waals surface area contributed by atoms with Gasteiger partial charge in [-0.15, -0.1) is 0 Å². The van der Waals surface area contributed by atoms with Crippen molar-refractivity contribution in [3.63, 3.8) is 0 Å². The Bertz CT molecular complexity index is 567. The number of anilines is 1. The lowest BCUT2D eigenvalue weighted by Gasteiger charge is -2.04. The van der Waals surface area contributed by atoms with Gasteiger partial charge in [-0.2, -0.15) is 5.10 Å². The summed E-state index contributed by atoms with van der Waals surface area (Å²) in [6.45, 7) is 0. The van der Waals surface area contributed by atoms with E-state index in [0.29, 0.717) is 5.69 Å². The molecule has 0 radical (unpaired) electrons. The molecule has 5 nitrogen and oxygen atoms in total. The maximum atomic E-state index is 10.7. The third-order valence-corrected chi connectivity index (χ3v) is 2.21. The number of nitrogens with zero attached hydrogens (tertiary/aromatic N) is 2. The van der Waals surface area contributed by atoms with Gasteiger partial charge >= 0.3 is 0 Å².